The van der Waals surface area contributed by atoms with Gasteiger partial charge in [-0.2, -0.15) is 0 Å². The fourth-order valence-corrected chi connectivity index (χ4v) is 5.02. The minimum Gasteiger partial charge on any atom is -0.364 e. The van der Waals surface area contributed by atoms with Crippen molar-refractivity contribution in [3.63, 3.8) is 0 Å². The van der Waals surface area contributed by atoms with Gasteiger partial charge in [-0.1, -0.05) is 6.42 Å². The lowest BCUT2D eigenvalue weighted by atomic mass is 9.79. The van der Waals surface area contributed by atoms with E-state index in [9.17, 15) is 0 Å². The van der Waals surface area contributed by atoms with E-state index in [4.69, 9.17) is 0 Å². The van der Waals surface area contributed by atoms with Gasteiger partial charge in [-0.05, 0) is 61.5 Å². The molecule has 92 valence electrons. The first kappa shape index (κ1) is 10.2. The highest BCUT2D eigenvalue weighted by molar-refractivity contribution is 5.07. The summed E-state index contributed by atoms with van der Waals surface area (Å²) in [6.07, 6.45) is 9.56. The second kappa shape index (κ2) is 3.88. The van der Waals surface area contributed by atoms with Crippen LogP contribution in [-0.2, 0) is 6.54 Å². The summed E-state index contributed by atoms with van der Waals surface area (Å²) in [6, 6.07) is 5.08. The lowest BCUT2D eigenvalue weighted by Crippen LogP contribution is -2.38. The molecule has 0 amide bonds. The van der Waals surface area contributed by atoms with Gasteiger partial charge in [0.2, 0.25) is 0 Å². The lowest BCUT2D eigenvalue weighted by Gasteiger charge is -2.32. The van der Waals surface area contributed by atoms with E-state index in [1.807, 2.05) is 6.20 Å². The minimum absolute atomic E-state index is 0.808. The molecule has 5 atom stereocenters. The van der Waals surface area contributed by atoms with Gasteiger partial charge in [0, 0.05) is 24.5 Å². The molecule has 0 saturated heterocycles. The molecule has 3 aliphatic carbocycles. The molecule has 2 bridgehead atoms. The van der Waals surface area contributed by atoms with E-state index in [2.05, 4.69) is 22.4 Å². The summed E-state index contributed by atoms with van der Waals surface area (Å²) in [5.74, 6) is 4.26. The summed E-state index contributed by atoms with van der Waals surface area (Å²) in [5, 5.41) is 3.80. The first-order valence-corrected chi connectivity index (χ1v) is 7.27. The number of aromatic nitrogens is 1. The zero-order valence-corrected chi connectivity index (χ0v) is 10.4. The van der Waals surface area contributed by atoms with Crippen LogP contribution in [0.2, 0.25) is 0 Å². The third-order valence-electron chi connectivity index (χ3n) is 5.65. The Morgan fingerprint density at radius 3 is 3.00 bits per heavy atom. The van der Waals surface area contributed by atoms with Gasteiger partial charge < -0.3 is 10.3 Å². The molecule has 0 radical (unpaired) electrons. The molecular weight excluding hydrogens is 208 g/mol. The van der Waals surface area contributed by atoms with E-state index in [-0.39, 0.29) is 0 Å². The van der Waals surface area contributed by atoms with Crippen molar-refractivity contribution in [3.05, 3.63) is 24.0 Å². The molecule has 2 N–H and O–H groups in total. The Kier molecular flexibility index (Phi) is 2.32. The fraction of sp³-hybridized carbons (Fsp3) is 0.733. The van der Waals surface area contributed by atoms with E-state index in [0.717, 1.165) is 36.3 Å². The van der Waals surface area contributed by atoms with Gasteiger partial charge in [-0.25, -0.2) is 0 Å². The Labute approximate surface area is 103 Å². The standard InChI is InChI=1S/C15H22N2/c1-4-12-10-7-14(13(12)5-1)15(8-10)17-9-11-3-2-6-16-11/h2-3,6,10,12-17H,1,4-5,7-9H2/t10-,12-,13-,14-,15-/m1/s1. The maximum atomic E-state index is 3.80. The predicted molar refractivity (Wildman–Crippen MR) is 68.5 cm³/mol. The second-order valence-electron chi connectivity index (χ2n) is 6.34. The second-order valence-corrected chi connectivity index (χ2v) is 6.34. The average Bonchev–Trinajstić information content (AvgIpc) is 3.08. The number of rotatable bonds is 3. The minimum atomic E-state index is 0.808. The molecule has 2 nitrogen and oxygen atoms in total. The number of hydrogen-bond donors (Lipinski definition) is 2. The van der Waals surface area contributed by atoms with E-state index >= 15 is 0 Å². The Morgan fingerprint density at radius 1 is 1.18 bits per heavy atom. The van der Waals surface area contributed by atoms with Crippen molar-refractivity contribution in [2.45, 2.75) is 44.7 Å². The van der Waals surface area contributed by atoms with E-state index in [0.29, 0.717) is 0 Å². The first-order valence-electron chi connectivity index (χ1n) is 7.27. The topological polar surface area (TPSA) is 27.8 Å². The predicted octanol–water partition coefficient (Wildman–Crippen LogP) is 2.93. The van der Waals surface area contributed by atoms with Crippen LogP contribution in [0.4, 0.5) is 0 Å². The van der Waals surface area contributed by atoms with Crippen molar-refractivity contribution in [1.29, 1.82) is 0 Å². The normalized spacial score (nSPS) is 43.2. The Bertz CT molecular complexity index is 384. The number of hydrogen-bond acceptors (Lipinski definition) is 1. The SMILES string of the molecule is c1c[nH]c(CN[C@@H]2C[C@H]3C[C@@H]2[C@@H]2CCC[C@H]32)c1. The maximum Gasteiger partial charge on any atom is 0.0359 e. The molecule has 3 fully saturated rings. The zero-order valence-electron chi connectivity index (χ0n) is 10.4. The quantitative estimate of drug-likeness (QED) is 0.821. The van der Waals surface area contributed by atoms with Gasteiger partial charge in [0.25, 0.3) is 0 Å². The van der Waals surface area contributed by atoms with Gasteiger partial charge in [0.1, 0.15) is 0 Å². The molecule has 2 heteroatoms. The first-order chi connectivity index (χ1) is 8.42. The molecule has 0 spiro atoms. The van der Waals surface area contributed by atoms with E-state index < -0.39 is 0 Å². The Morgan fingerprint density at radius 2 is 2.12 bits per heavy atom. The van der Waals surface area contributed by atoms with Crippen LogP contribution in [0.3, 0.4) is 0 Å². The van der Waals surface area contributed by atoms with Crippen molar-refractivity contribution in [1.82, 2.24) is 10.3 Å². The van der Waals surface area contributed by atoms with Crippen LogP contribution >= 0.6 is 0 Å². The summed E-state index contributed by atoms with van der Waals surface area (Å²) < 4.78 is 0. The summed E-state index contributed by atoms with van der Waals surface area (Å²) in [4.78, 5) is 3.29. The molecule has 4 rings (SSSR count). The molecule has 1 heterocycles. The molecule has 3 aliphatic rings. The molecule has 1 aromatic heterocycles. The molecular formula is C15H22N2. The number of H-pyrrole nitrogens is 1. The number of nitrogens with one attached hydrogen (secondary N) is 2. The van der Waals surface area contributed by atoms with Crippen molar-refractivity contribution < 1.29 is 0 Å². The third kappa shape index (κ3) is 1.57. The Hall–Kier alpha value is -0.760. The highest BCUT2D eigenvalue weighted by Gasteiger charge is 2.53. The van der Waals surface area contributed by atoms with Crippen LogP contribution in [0.25, 0.3) is 0 Å². The highest BCUT2D eigenvalue weighted by atomic mass is 15.0. The molecule has 17 heavy (non-hydrogen) atoms. The largest absolute Gasteiger partial charge is 0.364 e. The summed E-state index contributed by atoms with van der Waals surface area (Å²) in [6.45, 7) is 1.03. The fourth-order valence-electron chi connectivity index (χ4n) is 5.02. The lowest BCUT2D eigenvalue weighted by molar-refractivity contribution is 0.207. The molecule has 3 saturated carbocycles. The van der Waals surface area contributed by atoms with Crippen molar-refractivity contribution >= 4 is 0 Å². The van der Waals surface area contributed by atoms with Crippen molar-refractivity contribution in [3.8, 4) is 0 Å². The van der Waals surface area contributed by atoms with Crippen molar-refractivity contribution in [2.24, 2.45) is 23.7 Å². The maximum absolute atomic E-state index is 3.80. The summed E-state index contributed by atoms with van der Waals surface area (Å²) in [5.41, 5.74) is 1.33. The average molecular weight is 230 g/mol. The highest BCUT2D eigenvalue weighted by Crippen LogP contribution is 2.58. The van der Waals surface area contributed by atoms with Gasteiger partial charge in [-0.3, -0.25) is 0 Å². The number of aromatic amines is 1. The van der Waals surface area contributed by atoms with E-state index in [1.54, 1.807) is 0 Å². The van der Waals surface area contributed by atoms with Crippen LogP contribution in [0.5, 0.6) is 0 Å². The summed E-state index contributed by atoms with van der Waals surface area (Å²) >= 11 is 0. The van der Waals surface area contributed by atoms with Crippen LogP contribution in [0.1, 0.15) is 37.8 Å². The number of fused-ring (bicyclic) bond motifs is 5. The van der Waals surface area contributed by atoms with Gasteiger partial charge in [0.05, 0.1) is 0 Å². The Balaban J connectivity index is 1.41. The molecule has 0 aliphatic heterocycles. The molecule has 0 unspecified atom stereocenters. The van der Waals surface area contributed by atoms with Crippen molar-refractivity contribution in [2.75, 3.05) is 0 Å². The smallest absolute Gasteiger partial charge is 0.0359 e. The van der Waals surface area contributed by atoms with Crippen LogP contribution in [-0.4, -0.2) is 11.0 Å². The van der Waals surface area contributed by atoms with Gasteiger partial charge in [-0.15, -0.1) is 0 Å². The van der Waals surface area contributed by atoms with E-state index in [1.165, 1.54) is 37.8 Å². The van der Waals surface area contributed by atoms with Crippen LogP contribution in [0, 0.1) is 23.7 Å². The zero-order chi connectivity index (χ0) is 11.2. The van der Waals surface area contributed by atoms with Gasteiger partial charge >= 0.3 is 0 Å². The molecule has 0 aromatic carbocycles. The third-order valence-corrected chi connectivity index (χ3v) is 5.65. The van der Waals surface area contributed by atoms with Crippen LogP contribution in [0.15, 0.2) is 18.3 Å². The summed E-state index contributed by atoms with van der Waals surface area (Å²) in [7, 11) is 0. The van der Waals surface area contributed by atoms with Crippen LogP contribution < -0.4 is 5.32 Å². The van der Waals surface area contributed by atoms with Gasteiger partial charge in [0.15, 0.2) is 0 Å². The molecule has 1 aromatic rings. The monoisotopic (exact) mass is 230 g/mol.